The minimum absolute atomic E-state index is 0.00290. The SMILES string of the molecule is O=C(CCCC(=O)OC1C(=O)CCC1=O)NCCOCCOCC(COCCOCCNC(=O)CCCC(=O)OC1C(=O)CCC1=O)(COCCOCCNC(=O)CCCC(=O)OC1C(=O)CCC1=O)COCCOCCNC(=O)CCCC(=O)OC1C(=O)CCC1=O. The Morgan fingerprint density at radius 2 is 0.452 bits per heavy atom. The first-order valence-electron chi connectivity index (χ1n) is 31.4. The molecule has 0 aromatic carbocycles. The van der Waals surface area contributed by atoms with E-state index < -0.39 is 100.0 Å². The molecule has 4 N–H and O–H groups in total. The molecule has 4 fully saturated rings. The maximum atomic E-state index is 12.4. The number of hydrogen-bond donors (Lipinski definition) is 4. The smallest absolute Gasteiger partial charge is 0.306 e. The standard InChI is InChI=1S/C61H88N4O28/c66-41-13-14-42(67)57(41)90-53(78)9-1-5-49(74)62-21-25-82-29-33-86-37-61(38-87-34-30-83-26-22-63-50(75)6-2-10-54(79)91-58-43(68)15-16-44(58)69,39-88-35-31-84-27-23-64-51(76)7-3-11-55(80)92-59-45(70)17-18-46(59)71)40-89-36-32-85-28-24-65-52(77)8-4-12-56(81)93-60-47(72)19-20-48(60)73/h57-60H,1-40H2,(H,62,74)(H,63,75)(H,64,76)(H,65,77). The fourth-order valence-corrected chi connectivity index (χ4v) is 9.30. The van der Waals surface area contributed by atoms with Crippen LogP contribution in [0.25, 0.3) is 0 Å². The predicted molar refractivity (Wildman–Crippen MR) is 313 cm³/mol. The second-order valence-electron chi connectivity index (χ2n) is 22.2. The van der Waals surface area contributed by atoms with E-state index in [1.54, 1.807) is 0 Å². The third-order valence-electron chi connectivity index (χ3n) is 14.3. The van der Waals surface area contributed by atoms with E-state index in [9.17, 15) is 76.7 Å². The van der Waals surface area contributed by atoms with Gasteiger partial charge in [0.2, 0.25) is 48.0 Å². The van der Waals surface area contributed by atoms with Gasteiger partial charge in [0.1, 0.15) is 0 Å². The molecule has 4 aliphatic rings. The van der Waals surface area contributed by atoms with Crippen molar-refractivity contribution in [1.82, 2.24) is 21.3 Å². The maximum Gasteiger partial charge on any atom is 0.306 e. The number of esters is 4. The lowest BCUT2D eigenvalue weighted by atomic mass is 9.92. The average Bonchev–Trinajstić information content (AvgIpc) is 2.29. The third-order valence-corrected chi connectivity index (χ3v) is 14.3. The molecule has 4 amide bonds. The molecule has 0 saturated heterocycles. The maximum absolute atomic E-state index is 12.4. The zero-order valence-electron chi connectivity index (χ0n) is 52.5. The number of ether oxygens (including phenoxy) is 12. The average molecular weight is 1330 g/mol. The van der Waals surface area contributed by atoms with Gasteiger partial charge in [0.25, 0.3) is 0 Å². The highest BCUT2D eigenvalue weighted by Gasteiger charge is 2.39. The van der Waals surface area contributed by atoms with Crippen molar-refractivity contribution in [1.29, 1.82) is 0 Å². The molecule has 32 heteroatoms. The van der Waals surface area contributed by atoms with E-state index in [-0.39, 0.29) is 284 Å². The molecular formula is C61H88N4O28. The van der Waals surface area contributed by atoms with E-state index in [0.29, 0.717) is 0 Å². The summed E-state index contributed by atoms with van der Waals surface area (Å²) in [6.07, 6.45) is -5.36. The normalized spacial score (nSPS) is 15.7. The number of carbonyl (C=O) groups is 16. The Kier molecular flexibility index (Phi) is 38.0. The molecule has 4 rings (SSSR count). The van der Waals surface area contributed by atoms with Crippen LogP contribution in [0, 0.1) is 5.41 Å². The van der Waals surface area contributed by atoms with Gasteiger partial charge in [-0.05, 0) is 25.7 Å². The summed E-state index contributed by atoms with van der Waals surface area (Å²) in [5, 5.41) is 10.7. The molecule has 32 nitrogen and oxygen atoms in total. The van der Waals surface area contributed by atoms with Crippen molar-refractivity contribution in [2.45, 2.75) is 153 Å². The quantitative estimate of drug-likeness (QED) is 0.0236. The van der Waals surface area contributed by atoms with Crippen LogP contribution in [0.15, 0.2) is 0 Å². The molecule has 520 valence electrons. The Hall–Kier alpha value is -7.20. The molecule has 0 aromatic heterocycles. The lowest BCUT2D eigenvalue weighted by molar-refractivity contribution is -0.157. The second kappa shape index (κ2) is 45.2. The number of nitrogens with one attached hydrogen (secondary N) is 4. The van der Waals surface area contributed by atoms with Gasteiger partial charge in [0, 0.05) is 129 Å². The van der Waals surface area contributed by atoms with E-state index in [4.69, 9.17) is 56.8 Å². The minimum Gasteiger partial charge on any atom is -0.446 e. The molecule has 0 bridgehead atoms. The fraction of sp³-hybridized carbons (Fsp3) is 0.738. The zero-order chi connectivity index (χ0) is 67.6. The monoisotopic (exact) mass is 1320 g/mol. The Labute approximate surface area is 537 Å². The lowest BCUT2D eigenvalue weighted by Gasteiger charge is -2.33. The van der Waals surface area contributed by atoms with Crippen LogP contribution in [0.1, 0.15) is 128 Å². The largest absolute Gasteiger partial charge is 0.446 e. The van der Waals surface area contributed by atoms with Gasteiger partial charge >= 0.3 is 23.9 Å². The Balaban J connectivity index is 1.22. The van der Waals surface area contributed by atoms with Crippen molar-refractivity contribution in [3.8, 4) is 0 Å². The van der Waals surface area contributed by atoms with Gasteiger partial charge in [-0.3, -0.25) is 76.7 Å². The predicted octanol–water partition coefficient (Wildman–Crippen LogP) is -1.37. The zero-order valence-corrected chi connectivity index (χ0v) is 52.5. The number of rotatable bonds is 52. The van der Waals surface area contributed by atoms with Gasteiger partial charge in [-0.2, -0.15) is 0 Å². The highest BCUT2D eigenvalue weighted by atomic mass is 16.6. The van der Waals surface area contributed by atoms with Crippen molar-refractivity contribution in [3.05, 3.63) is 0 Å². The van der Waals surface area contributed by atoms with Crippen LogP contribution in [-0.2, 0) is 134 Å². The Bertz CT molecular complexity index is 2150. The summed E-state index contributed by atoms with van der Waals surface area (Å²) in [6.45, 7) is 1.74. The number of amides is 4. The number of Topliss-reactive ketones (excluding diaryl/α,β-unsaturated/α-hetero) is 8. The van der Waals surface area contributed by atoms with Gasteiger partial charge in [-0.1, -0.05) is 0 Å². The summed E-state index contributed by atoms with van der Waals surface area (Å²) < 4.78 is 66.9. The molecule has 0 heterocycles. The number of ketones is 8. The van der Waals surface area contributed by atoms with Crippen LogP contribution in [-0.4, -0.2) is 250 Å². The molecule has 0 unspecified atom stereocenters. The van der Waals surface area contributed by atoms with Gasteiger partial charge in [0.05, 0.1) is 111 Å². The number of carbonyl (C=O) groups excluding carboxylic acids is 16. The van der Waals surface area contributed by atoms with Crippen molar-refractivity contribution < 1.29 is 134 Å². The molecule has 0 spiro atoms. The molecule has 0 atom stereocenters. The molecule has 4 aliphatic carbocycles. The highest BCUT2D eigenvalue weighted by Crippen LogP contribution is 2.22. The van der Waals surface area contributed by atoms with Crippen LogP contribution in [0.5, 0.6) is 0 Å². The molecule has 0 aromatic rings. The summed E-state index contributed by atoms with van der Waals surface area (Å²) in [4.78, 5) is 192. The van der Waals surface area contributed by atoms with Crippen LogP contribution < -0.4 is 21.3 Å². The van der Waals surface area contributed by atoms with Crippen molar-refractivity contribution in [3.63, 3.8) is 0 Å². The van der Waals surface area contributed by atoms with Crippen LogP contribution in [0.2, 0.25) is 0 Å². The van der Waals surface area contributed by atoms with Crippen molar-refractivity contribution in [2.24, 2.45) is 5.41 Å². The summed E-state index contributed by atoms with van der Waals surface area (Å²) in [6, 6.07) is 0. The molecule has 93 heavy (non-hydrogen) atoms. The van der Waals surface area contributed by atoms with E-state index >= 15 is 0 Å². The van der Waals surface area contributed by atoms with Crippen LogP contribution >= 0.6 is 0 Å². The van der Waals surface area contributed by atoms with Crippen LogP contribution in [0.4, 0.5) is 0 Å². The second-order valence-corrected chi connectivity index (χ2v) is 22.2. The van der Waals surface area contributed by atoms with Gasteiger partial charge in [0.15, 0.2) is 46.3 Å². The van der Waals surface area contributed by atoms with Gasteiger partial charge in [-0.25, -0.2) is 0 Å². The summed E-state index contributed by atoms with van der Waals surface area (Å²) in [5.41, 5.74) is -0.990. The van der Waals surface area contributed by atoms with Crippen molar-refractivity contribution >= 4 is 93.8 Å². The Morgan fingerprint density at radius 1 is 0.269 bits per heavy atom. The fourth-order valence-electron chi connectivity index (χ4n) is 9.30. The molecule has 4 saturated carbocycles. The van der Waals surface area contributed by atoms with E-state index in [1.165, 1.54) is 0 Å². The summed E-state index contributed by atoms with van der Waals surface area (Å²) in [5.74, 6) is -7.93. The first-order valence-corrected chi connectivity index (χ1v) is 31.4. The Morgan fingerprint density at radius 3 is 0.645 bits per heavy atom. The van der Waals surface area contributed by atoms with Crippen molar-refractivity contribution in [2.75, 3.05) is 132 Å². The van der Waals surface area contributed by atoms with Crippen LogP contribution in [0.3, 0.4) is 0 Å². The molecule has 0 radical (unpaired) electrons. The summed E-state index contributed by atoms with van der Waals surface area (Å²) in [7, 11) is 0. The van der Waals surface area contributed by atoms with E-state index in [2.05, 4.69) is 21.3 Å². The van der Waals surface area contributed by atoms with E-state index in [0.717, 1.165) is 0 Å². The summed E-state index contributed by atoms with van der Waals surface area (Å²) >= 11 is 0. The third kappa shape index (κ3) is 33.0. The molecular weight excluding hydrogens is 1240 g/mol. The topological polar surface area (TPSA) is 432 Å². The first-order chi connectivity index (χ1) is 44.7. The van der Waals surface area contributed by atoms with Gasteiger partial charge in [-0.15, -0.1) is 0 Å². The highest BCUT2D eigenvalue weighted by molar-refractivity contribution is 6.14. The number of hydrogen-bond acceptors (Lipinski definition) is 28. The lowest BCUT2D eigenvalue weighted by Crippen LogP contribution is -2.43. The first kappa shape index (κ1) is 78.2. The molecule has 0 aliphatic heterocycles. The van der Waals surface area contributed by atoms with Gasteiger partial charge < -0.3 is 78.1 Å². The van der Waals surface area contributed by atoms with E-state index in [1.807, 2.05) is 0 Å². The minimum atomic E-state index is -1.37.